The summed E-state index contributed by atoms with van der Waals surface area (Å²) in [4.78, 5) is 0.454. The van der Waals surface area contributed by atoms with Gasteiger partial charge >= 0.3 is 0 Å². The molecule has 5 rings (SSSR count). The Balaban J connectivity index is 1.58. The number of aryl methyl sites for hydroxylation is 1. The van der Waals surface area contributed by atoms with Crippen LogP contribution in [-0.2, 0) is 8.87 Å². The Labute approximate surface area is 150 Å². The first-order valence-corrected chi connectivity index (χ1v) is 12.1. The van der Waals surface area contributed by atoms with Gasteiger partial charge in [-0.25, -0.2) is 8.42 Å². The van der Waals surface area contributed by atoms with Crippen molar-refractivity contribution in [2.45, 2.75) is 62.5 Å². The number of hydrogen-bond acceptors (Lipinski definition) is 3. The Kier molecular flexibility index (Phi) is 4.08. The summed E-state index contributed by atoms with van der Waals surface area (Å²) >= 11 is 0. The van der Waals surface area contributed by atoms with Gasteiger partial charge in [-0.15, -0.1) is 0 Å². The van der Waals surface area contributed by atoms with E-state index in [9.17, 15) is 8.42 Å². The molecular weight excluding hydrogens is 336 g/mol. The van der Waals surface area contributed by atoms with Gasteiger partial charge in [-0.3, -0.25) is 0 Å². The zero-order valence-corrected chi connectivity index (χ0v) is 16.5. The van der Waals surface area contributed by atoms with Crippen LogP contribution in [-0.4, -0.2) is 13.2 Å². The first kappa shape index (κ1) is 17.0. The molecule has 0 aromatic heterocycles. The molecule has 0 unspecified atom stereocenters. The average Bonchev–Trinajstić information content (AvgIpc) is 2.44. The van der Waals surface area contributed by atoms with E-state index in [4.69, 9.17) is 0 Å². The Hall–Kier alpha value is -0.480. The molecule has 0 N–H and O–H groups in total. The first-order valence-electron chi connectivity index (χ1n) is 9.27. The van der Waals surface area contributed by atoms with Crippen molar-refractivity contribution in [2.24, 2.45) is 29.6 Å². The summed E-state index contributed by atoms with van der Waals surface area (Å²) < 4.78 is 25.7. The van der Waals surface area contributed by atoms with Gasteiger partial charge in [0.05, 0.1) is 4.90 Å². The van der Waals surface area contributed by atoms with Gasteiger partial charge in [0.15, 0.2) is 0 Å². The molecule has 1 aromatic carbocycles. The highest BCUT2D eigenvalue weighted by atomic mass is 33.1. The SMILES string of the molecule is Cc1ccc(S(=O)(=O)SC(C)(C)C2C3CC4CC(C3)CC2C4)cc1. The third-order valence-electron chi connectivity index (χ3n) is 6.66. The van der Waals surface area contributed by atoms with Gasteiger partial charge in [0.2, 0.25) is 8.87 Å². The van der Waals surface area contributed by atoms with Crippen LogP contribution in [0.1, 0.15) is 51.5 Å². The highest BCUT2D eigenvalue weighted by Gasteiger charge is 2.54. The lowest BCUT2D eigenvalue weighted by Gasteiger charge is -2.58. The molecule has 1 aromatic rings. The van der Waals surface area contributed by atoms with E-state index in [-0.39, 0.29) is 4.75 Å². The maximum atomic E-state index is 13.0. The van der Waals surface area contributed by atoms with Crippen LogP contribution in [0.2, 0.25) is 0 Å². The minimum absolute atomic E-state index is 0.216. The maximum absolute atomic E-state index is 13.0. The monoisotopic (exact) mass is 364 g/mol. The molecule has 0 amide bonds. The maximum Gasteiger partial charge on any atom is 0.230 e. The Bertz CT molecular complexity index is 691. The molecule has 4 heteroatoms. The van der Waals surface area contributed by atoms with Crippen LogP contribution in [0, 0.1) is 36.5 Å². The van der Waals surface area contributed by atoms with Crippen LogP contribution in [0.3, 0.4) is 0 Å². The van der Waals surface area contributed by atoms with E-state index in [1.807, 2.05) is 19.1 Å². The van der Waals surface area contributed by atoms with Crippen LogP contribution in [0.25, 0.3) is 0 Å². The fraction of sp³-hybridized carbons (Fsp3) is 0.700. The summed E-state index contributed by atoms with van der Waals surface area (Å²) in [6.07, 6.45) is 6.80. The summed E-state index contributed by atoms with van der Waals surface area (Å²) in [6, 6.07) is 7.29. The summed E-state index contributed by atoms with van der Waals surface area (Å²) in [7, 11) is -2.09. The van der Waals surface area contributed by atoms with Crippen LogP contribution >= 0.6 is 10.8 Å². The van der Waals surface area contributed by atoms with Crippen molar-refractivity contribution in [1.29, 1.82) is 0 Å². The van der Waals surface area contributed by atoms with Gasteiger partial charge in [-0.2, -0.15) is 0 Å². The van der Waals surface area contributed by atoms with Gasteiger partial charge in [0.25, 0.3) is 0 Å². The molecular formula is C20H28O2S2. The summed E-state index contributed by atoms with van der Waals surface area (Å²) in [5.41, 5.74) is 1.10. The minimum Gasteiger partial charge on any atom is -0.212 e. The first-order chi connectivity index (χ1) is 11.2. The Morgan fingerprint density at radius 1 is 0.917 bits per heavy atom. The summed E-state index contributed by atoms with van der Waals surface area (Å²) in [5, 5.41) is 0. The van der Waals surface area contributed by atoms with E-state index >= 15 is 0 Å². The number of benzene rings is 1. The fourth-order valence-corrected chi connectivity index (χ4v) is 10.4. The van der Waals surface area contributed by atoms with Crippen molar-refractivity contribution in [1.82, 2.24) is 0 Å². The molecule has 4 saturated carbocycles. The van der Waals surface area contributed by atoms with Gasteiger partial charge < -0.3 is 0 Å². The lowest BCUT2D eigenvalue weighted by molar-refractivity contribution is -0.0478. The minimum atomic E-state index is -3.30. The largest absolute Gasteiger partial charge is 0.230 e. The second-order valence-corrected chi connectivity index (χ2v) is 13.3. The fourth-order valence-electron chi connectivity index (χ4n) is 6.15. The molecule has 4 aliphatic rings. The van der Waals surface area contributed by atoms with Crippen molar-refractivity contribution in [3.05, 3.63) is 29.8 Å². The molecule has 0 saturated heterocycles. The second-order valence-electron chi connectivity index (χ2n) is 8.91. The lowest BCUT2D eigenvalue weighted by atomic mass is 9.50. The van der Waals surface area contributed by atoms with Crippen LogP contribution in [0.15, 0.2) is 29.2 Å². The molecule has 24 heavy (non-hydrogen) atoms. The van der Waals surface area contributed by atoms with Crippen molar-refractivity contribution in [3.8, 4) is 0 Å². The van der Waals surface area contributed by atoms with Crippen molar-refractivity contribution < 1.29 is 8.42 Å². The molecule has 0 heterocycles. The smallest absolute Gasteiger partial charge is 0.212 e. The van der Waals surface area contributed by atoms with E-state index < -0.39 is 8.87 Å². The summed E-state index contributed by atoms with van der Waals surface area (Å²) in [5.74, 6) is 3.90. The number of hydrogen-bond donors (Lipinski definition) is 0. The van der Waals surface area contributed by atoms with Crippen molar-refractivity contribution >= 4 is 19.7 Å². The van der Waals surface area contributed by atoms with Gasteiger partial charge in [-0.1, -0.05) is 17.7 Å². The van der Waals surface area contributed by atoms with E-state index in [0.717, 1.165) is 29.2 Å². The van der Waals surface area contributed by atoms with E-state index in [1.54, 1.807) is 12.1 Å². The van der Waals surface area contributed by atoms with Gasteiger partial charge in [0.1, 0.15) is 0 Å². The molecule has 4 bridgehead atoms. The third-order valence-corrected chi connectivity index (χ3v) is 11.0. The molecule has 0 atom stereocenters. The van der Waals surface area contributed by atoms with Crippen LogP contribution in [0.5, 0.6) is 0 Å². The Morgan fingerprint density at radius 2 is 1.42 bits per heavy atom. The highest BCUT2D eigenvalue weighted by molar-refractivity contribution is 8.72. The molecule has 0 radical (unpaired) electrons. The zero-order chi connectivity index (χ0) is 17.1. The lowest BCUT2D eigenvalue weighted by Crippen LogP contribution is -2.51. The second kappa shape index (κ2) is 5.77. The standard InChI is InChI=1S/C20H28O2S2/c1-13-4-6-18(7-5-13)24(21,22)23-20(2,3)19-16-9-14-8-15(11-16)12-17(19)10-14/h4-7,14-17,19H,8-12H2,1-3H3. The topological polar surface area (TPSA) is 34.1 Å². The molecule has 0 aliphatic heterocycles. The van der Waals surface area contributed by atoms with E-state index in [2.05, 4.69) is 13.8 Å². The van der Waals surface area contributed by atoms with Crippen LogP contribution < -0.4 is 0 Å². The molecule has 132 valence electrons. The normalized spacial score (nSPS) is 35.4. The van der Waals surface area contributed by atoms with Gasteiger partial charge in [0, 0.05) is 4.75 Å². The molecule has 4 fully saturated rings. The van der Waals surface area contributed by atoms with Crippen LogP contribution in [0.4, 0.5) is 0 Å². The van der Waals surface area contributed by atoms with Crippen molar-refractivity contribution in [3.63, 3.8) is 0 Å². The predicted molar refractivity (Wildman–Crippen MR) is 101 cm³/mol. The third kappa shape index (κ3) is 2.94. The highest BCUT2D eigenvalue weighted by Crippen LogP contribution is 2.61. The molecule has 0 spiro atoms. The summed E-state index contributed by atoms with van der Waals surface area (Å²) in [6.45, 7) is 6.34. The zero-order valence-electron chi connectivity index (χ0n) is 14.9. The Morgan fingerprint density at radius 3 is 1.92 bits per heavy atom. The van der Waals surface area contributed by atoms with Gasteiger partial charge in [-0.05, 0) is 105 Å². The predicted octanol–water partition coefficient (Wildman–Crippen LogP) is 5.27. The van der Waals surface area contributed by atoms with Crippen molar-refractivity contribution in [2.75, 3.05) is 0 Å². The van der Waals surface area contributed by atoms with E-state index in [0.29, 0.717) is 10.8 Å². The number of rotatable bonds is 4. The van der Waals surface area contributed by atoms with E-state index in [1.165, 1.54) is 42.9 Å². The average molecular weight is 365 g/mol. The quantitative estimate of drug-likeness (QED) is 0.683. The molecule has 2 nitrogen and oxygen atoms in total. The molecule has 4 aliphatic carbocycles.